The molecule has 1 atom stereocenters. The minimum absolute atomic E-state index is 0.120. The fourth-order valence-electron chi connectivity index (χ4n) is 0.852. The van der Waals surface area contributed by atoms with E-state index in [1.165, 1.54) is 0 Å². The molecule has 0 fully saturated rings. The van der Waals surface area contributed by atoms with Gasteiger partial charge in [0.25, 0.3) is 0 Å². The zero-order valence-electron chi connectivity index (χ0n) is 8.04. The van der Waals surface area contributed by atoms with Gasteiger partial charge < -0.3 is 4.74 Å². The number of esters is 1. The van der Waals surface area contributed by atoms with E-state index in [1.54, 1.807) is 0 Å². The molecule has 1 radical (unpaired) electrons. The van der Waals surface area contributed by atoms with Crippen LogP contribution in [0.2, 0.25) is 0 Å². The van der Waals surface area contributed by atoms with Crippen molar-refractivity contribution in [3.8, 4) is 0 Å². The van der Waals surface area contributed by atoms with Crippen molar-refractivity contribution in [3.63, 3.8) is 0 Å². The van der Waals surface area contributed by atoms with Crippen LogP contribution in [0.5, 0.6) is 0 Å². The molecule has 0 heterocycles. The third-order valence-electron chi connectivity index (χ3n) is 1.43. The topological polar surface area (TPSA) is 26.3 Å². The Balaban J connectivity index is 3.53. The molecule has 12 heavy (non-hydrogen) atoms. The number of carbonyl (C=O) groups is 1. The molecular weight excluding hydrogens is 152 g/mol. The highest BCUT2D eigenvalue weighted by atomic mass is 16.5. The van der Waals surface area contributed by atoms with E-state index in [1.807, 2.05) is 39.3 Å². The van der Waals surface area contributed by atoms with Crippen LogP contribution >= 0.6 is 0 Å². The third kappa shape index (κ3) is 5.96. The van der Waals surface area contributed by atoms with Gasteiger partial charge in [-0.15, -0.1) is 0 Å². The Morgan fingerprint density at radius 2 is 2.25 bits per heavy atom. The van der Waals surface area contributed by atoms with Crippen molar-refractivity contribution in [3.05, 3.63) is 18.6 Å². The Labute approximate surface area is 74.6 Å². The van der Waals surface area contributed by atoms with Crippen LogP contribution < -0.4 is 0 Å². The van der Waals surface area contributed by atoms with Crippen molar-refractivity contribution in [2.45, 2.75) is 27.2 Å². The van der Waals surface area contributed by atoms with Crippen molar-refractivity contribution in [1.29, 1.82) is 0 Å². The zero-order chi connectivity index (χ0) is 9.40. The summed E-state index contributed by atoms with van der Waals surface area (Å²) >= 11 is 0. The summed E-state index contributed by atoms with van der Waals surface area (Å²) in [7, 11) is 0. The molecule has 0 aliphatic rings. The lowest BCUT2D eigenvalue weighted by molar-refractivity contribution is -0.143. The standard InChI is InChI=1S/C10H17O2/c1-4-6-7-9(3)8-10(11)12-5-2/h4,6-7,9H,5,8H2,1-3H3. The summed E-state index contributed by atoms with van der Waals surface area (Å²) in [6, 6.07) is 0. The number of carbonyl (C=O) groups excluding carboxylic acids is 1. The minimum atomic E-state index is -0.120. The Hall–Kier alpha value is -0.790. The fourth-order valence-corrected chi connectivity index (χ4v) is 0.852. The molecular formula is C10H17O2. The van der Waals surface area contributed by atoms with Gasteiger partial charge in [0.2, 0.25) is 0 Å². The summed E-state index contributed by atoms with van der Waals surface area (Å²) in [6.07, 6.45) is 6.36. The van der Waals surface area contributed by atoms with Gasteiger partial charge in [-0.1, -0.05) is 19.1 Å². The van der Waals surface area contributed by atoms with Crippen LogP contribution in [0.1, 0.15) is 27.2 Å². The molecule has 0 spiro atoms. The van der Waals surface area contributed by atoms with E-state index in [0.717, 1.165) is 0 Å². The second kappa shape index (κ2) is 6.89. The minimum Gasteiger partial charge on any atom is -0.466 e. The predicted molar refractivity (Wildman–Crippen MR) is 49.5 cm³/mol. The van der Waals surface area contributed by atoms with E-state index in [9.17, 15) is 4.79 Å². The van der Waals surface area contributed by atoms with Crippen LogP contribution in [0, 0.1) is 12.3 Å². The highest BCUT2D eigenvalue weighted by molar-refractivity contribution is 5.69. The number of hydrogen-bond acceptors (Lipinski definition) is 2. The molecule has 1 unspecified atom stereocenters. The largest absolute Gasteiger partial charge is 0.466 e. The lowest BCUT2D eigenvalue weighted by Crippen LogP contribution is -2.08. The lowest BCUT2D eigenvalue weighted by Gasteiger charge is -2.06. The maximum absolute atomic E-state index is 11.0. The first-order valence-corrected chi connectivity index (χ1v) is 4.32. The first-order valence-electron chi connectivity index (χ1n) is 4.32. The van der Waals surface area contributed by atoms with E-state index in [2.05, 4.69) is 0 Å². The van der Waals surface area contributed by atoms with Gasteiger partial charge >= 0.3 is 5.97 Å². The second-order valence-electron chi connectivity index (χ2n) is 2.70. The highest BCUT2D eigenvalue weighted by Crippen LogP contribution is 2.07. The molecule has 2 nitrogen and oxygen atoms in total. The van der Waals surface area contributed by atoms with E-state index in [0.29, 0.717) is 13.0 Å². The highest BCUT2D eigenvalue weighted by Gasteiger charge is 2.07. The van der Waals surface area contributed by atoms with Gasteiger partial charge in [-0.05, 0) is 26.2 Å². The van der Waals surface area contributed by atoms with E-state index >= 15 is 0 Å². The maximum Gasteiger partial charge on any atom is 0.306 e. The molecule has 0 N–H and O–H groups in total. The summed E-state index contributed by atoms with van der Waals surface area (Å²) in [5, 5.41) is 0. The maximum atomic E-state index is 11.0. The summed E-state index contributed by atoms with van der Waals surface area (Å²) in [5.41, 5.74) is 0. The molecule has 0 rings (SSSR count). The number of hydrogen-bond donors (Lipinski definition) is 0. The van der Waals surface area contributed by atoms with Crippen molar-refractivity contribution in [2.24, 2.45) is 5.92 Å². The average molecular weight is 169 g/mol. The summed E-state index contributed by atoms with van der Waals surface area (Å²) in [4.78, 5) is 11.0. The number of ether oxygens (including phenoxy) is 1. The Bertz CT molecular complexity index is 150. The second-order valence-corrected chi connectivity index (χ2v) is 2.70. The Morgan fingerprint density at radius 1 is 1.58 bits per heavy atom. The summed E-state index contributed by atoms with van der Waals surface area (Å²) < 4.78 is 4.81. The fraction of sp³-hybridized carbons (Fsp3) is 0.600. The zero-order valence-corrected chi connectivity index (χ0v) is 8.04. The molecule has 0 aromatic carbocycles. The molecule has 0 saturated heterocycles. The molecule has 69 valence electrons. The number of rotatable bonds is 5. The predicted octanol–water partition coefficient (Wildman–Crippen LogP) is 2.36. The Kier molecular flexibility index (Phi) is 6.44. The normalized spacial score (nSPS) is 13.2. The van der Waals surface area contributed by atoms with Crippen LogP contribution in [-0.2, 0) is 9.53 Å². The van der Waals surface area contributed by atoms with Gasteiger partial charge in [0.1, 0.15) is 0 Å². The molecule has 0 aromatic rings. The van der Waals surface area contributed by atoms with Crippen molar-refractivity contribution in [1.82, 2.24) is 0 Å². The van der Waals surface area contributed by atoms with Gasteiger partial charge in [-0.25, -0.2) is 0 Å². The van der Waals surface area contributed by atoms with Gasteiger partial charge in [0, 0.05) is 6.42 Å². The molecule has 0 amide bonds. The van der Waals surface area contributed by atoms with Gasteiger partial charge in [-0.3, -0.25) is 4.79 Å². The summed E-state index contributed by atoms with van der Waals surface area (Å²) in [6.45, 7) is 6.23. The first-order chi connectivity index (χ1) is 5.70. The van der Waals surface area contributed by atoms with Crippen molar-refractivity contribution >= 4 is 5.97 Å². The van der Waals surface area contributed by atoms with E-state index in [4.69, 9.17) is 4.74 Å². The molecule has 0 aliphatic carbocycles. The van der Waals surface area contributed by atoms with Gasteiger partial charge in [0.05, 0.1) is 6.61 Å². The van der Waals surface area contributed by atoms with E-state index < -0.39 is 0 Å². The third-order valence-corrected chi connectivity index (χ3v) is 1.43. The SMILES string of the molecule is CC=C[CH]C(C)CC(=O)OCC. The van der Waals surface area contributed by atoms with E-state index in [-0.39, 0.29) is 11.9 Å². The lowest BCUT2D eigenvalue weighted by atomic mass is 10.0. The van der Waals surface area contributed by atoms with Crippen LogP contribution in [0.15, 0.2) is 12.2 Å². The van der Waals surface area contributed by atoms with Crippen LogP contribution in [-0.4, -0.2) is 12.6 Å². The van der Waals surface area contributed by atoms with Crippen LogP contribution in [0.25, 0.3) is 0 Å². The molecule has 0 saturated carbocycles. The monoisotopic (exact) mass is 169 g/mol. The summed E-state index contributed by atoms with van der Waals surface area (Å²) in [5.74, 6) is 0.144. The quantitative estimate of drug-likeness (QED) is 0.590. The smallest absolute Gasteiger partial charge is 0.306 e. The molecule has 0 aromatic heterocycles. The molecule has 2 heteroatoms. The van der Waals surface area contributed by atoms with Crippen molar-refractivity contribution in [2.75, 3.05) is 6.61 Å². The van der Waals surface area contributed by atoms with Crippen LogP contribution in [0.4, 0.5) is 0 Å². The van der Waals surface area contributed by atoms with Gasteiger partial charge in [0.15, 0.2) is 0 Å². The van der Waals surface area contributed by atoms with Crippen molar-refractivity contribution < 1.29 is 9.53 Å². The average Bonchev–Trinajstić information content (AvgIpc) is 2.01. The number of allylic oxidation sites excluding steroid dienone is 2. The first kappa shape index (κ1) is 11.2. The Morgan fingerprint density at radius 3 is 2.75 bits per heavy atom. The van der Waals surface area contributed by atoms with Gasteiger partial charge in [-0.2, -0.15) is 0 Å². The van der Waals surface area contributed by atoms with Crippen LogP contribution in [0.3, 0.4) is 0 Å². The molecule has 0 bridgehead atoms. The molecule has 0 aliphatic heterocycles.